The van der Waals surface area contributed by atoms with E-state index in [0.717, 1.165) is 5.56 Å². The fourth-order valence-electron chi connectivity index (χ4n) is 2.95. The summed E-state index contributed by atoms with van der Waals surface area (Å²) in [6.07, 6.45) is 0.413. The number of nitrogens with two attached hydrogens (primary N) is 1. The van der Waals surface area contributed by atoms with Gasteiger partial charge in [-0.1, -0.05) is 30.3 Å². The predicted molar refractivity (Wildman–Crippen MR) is 66.3 cm³/mol. The van der Waals surface area contributed by atoms with E-state index in [2.05, 4.69) is 0 Å². The molecule has 0 spiro atoms. The summed E-state index contributed by atoms with van der Waals surface area (Å²) in [5.74, 6) is -2.24. The van der Waals surface area contributed by atoms with Gasteiger partial charge in [-0.15, -0.1) is 0 Å². The third kappa shape index (κ3) is 1.73. The molecule has 0 radical (unpaired) electrons. The third-order valence-electron chi connectivity index (χ3n) is 4.06. The Morgan fingerprint density at radius 2 is 1.89 bits per heavy atom. The summed E-state index contributed by atoms with van der Waals surface area (Å²) in [4.78, 5) is 36.7. The average Bonchev–Trinajstić information content (AvgIpc) is 2.50. The van der Waals surface area contributed by atoms with Crippen LogP contribution in [0.2, 0.25) is 0 Å². The molecule has 2 aliphatic rings. The minimum atomic E-state index is -0.520. The van der Waals surface area contributed by atoms with E-state index in [9.17, 15) is 14.4 Å². The van der Waals surface area contributed by atoms with Gasteiger partial charge in [0.05, 0.1) is 24.3 Å². The van der Waals surface area contributed by atoms with Crippen LogP contribution in [-0.2, 0) is 20.9 Å². The number of hydrogen-bond donors (Lipinski definition) is 1. The van der Waals surface area contributed by atoms with E-state index in [1.807, 2.05) is 30.3 Å². The largest absolute Gasteiger partial charge is 0.369 e. The molecule has 5 heteroatoms. The minimum Gasteiger partial charge on any atom is -0.369 e. The van der Waals surface area contributed by atoms with Crippen molar-refractivity contribution < 1.29 is 14.4 Å². The third-order valence-corrected chi connectivity index (χ3v) is 4.06. The van der Waals surface area contributed by atoms with Crippen molar-refractivity contribution in [3.8, 4) is 0 Å². The highest BCUT2D eigenvalue weighted by Crippen LogP contribution is 2.47. The molecular formula is C14H14N2O3. The number of primary amides is 1. The van der Waals surface area contributed by atoms with Crippen molar-refractivity contribution in [2.45, 2.75) is 13.0 Å². The van der Waals surface area contributed by atoms with Gasteiger partial charge in [0.15, 0.2) is 0 Å². The first-order valence-corrected chi connectivity index (χ1v) is 6.28. The molecule has 2 N–H and O–H groups in total. The highest BCUT2D eigenvalue weighted by atomic mass is 16.2. The van der Waals surface area contributed by atoms with Crippen LogP contribution in [0.1, 0.15) is 12.0 Å². The number of carbonyl (C=O) groups is 3. The van der Waals surface area contributed by atoms with E-state index in [1.165, 1.54) is 4.90 Å². The molecule has 1 saturated carbocycles. The lowest BCUT2D eigenvalue weighted by molar-refractivity contribution is -0.142. The van der Waals surface area contributed by atoms with Crippen molar-refractivity contribution >= 4 is 17.7 Å². The molecule has 0 bridgehead atoms. The fraction of sp³-hybridized carbons (Fsp3) is 0.357. The number of carbonyl (C=O) groups excluding carboxylic acids is 3. The summed E-state index contributed by atoms with van der Waals surface area (Å²) >= 11 is 0. The Morgan fingerprint density at radius 3 is 2.53 bits per heavy atom. The number of imide groups is 1. The molecule has 1 aliphatic heterocycles. The Kier molecular flexibility index (Phi) is 2.62. The van der Waals surface area contributed by atoms with Gasteiger partial charge in [0.2, 0.25) is 17.7 Å². The van der Waals surface area contributed by atoms with Gasteiger partial charge < -0.3 is 5.73 Å². The second-order valence-corrected chi connectivity index (χ2v) is 5.13. The molecule has 1 aliphatic carbocycles. The van der Waals surface area contributed by atoms with Crippen LogP contribution in [0.4, 0.5) is 0 Å². The molecule has 98 valence electrons. The molecule has 3 rings (SSSR count). The van der Waals surface area contributed by atoms with Gasteiger partial charge in [-0.3, -0.25) is 19.3 Å². The quantitative estimate of drug-likeness (QED) is 0.791. The van der Waals surface area contributed by atoms with Crippen molar-refractivity contribution in [1.29, 1.82) is 0 Å². The number of amides is 3. The molecule has 19 heavy (non-hydrogen) atoms. The number of rotatable bonds is 3. The van der Waals surface area contributed by atoms with Crippen molar-refractivity contribution in [2.75, 3.05) is 0 Å². The topological polar surface area (TPSA) is 80.5 Å². The van der Waals surface area contributed by atoms with Crippen molar-refractivity contribution in [3.05, 3.63) is 35.9 Å². The number of nitrogens with zero attached hydrogens (tertiary/aromatic N) is 1. The maximum absolute atomic E-state index is 12.2. The summed E-state index contributed by atoms with van der Waals surface area (Å²) < 4.78 is 0. The molecule has 2 fully saturated rings. The van der Waals surface area contributed by atoms with Crippen LogP contribution >= 0.6 is 0 Å². The van der Waals surface area contributed by atoms with E-state index in [1.54, 1.807) is 0 Å². The summed E-state index contributed by atoms with van der Waals surface area (Å²) in [5, 5.41) is 0. The lowest BCUT2D eigenvalue weighted by Gasteiger charge is -2.33. The molecule has 3 amide bonds. The molecule has 1 aromatic rings. The standard InChI is InChI=1S/C14H14N2O3/c15-12(17)9-6-10-11(9)14(19)16(13(10)18)7-8-4-2-1-3-5-8/h1-5,9-11H,6-7H2,(H2,15,17)/t9-,10+,11-/m0/s1. The molecule has 1 heterocycles. The van der Waals surface area contributed by atoms with Crippen LogP contribution in [-0.4, -0.2) is 22.6 Å². The number of likely N-dealkylation sites (tertiary alicyclic amines) is 1. The van der Waals surface area contributed by atoms with Gasteiger partial charge in [0, 0.05) is 0 Å². The molecular weight excluding hydrogens is 244 g/mol. The molecule has 5 nitrogen and oxygen atoms in total. The van der Waals surface area contributed by atoms with Gasteiger partial charge in [0.25, 0.3) is 0 Å². The molecule has 1 aromatic carbocycles. The molecule has 0 unspecified atom stereocenters. The summed E-state index contributed by atoms with van der Waals surface area (Å²) in [5.41, 5.74) is 6.14. The monoisotopic (exact) mass is 258 g/mol. The van der Waals surface area contributed by atoms with Gasteiger partial charge in [-0.2, -0.15) is 0 Å². The second-order valence-electron chi connectivity index (χ2n) is 5.13. The summed E-state index contributed by atoms with van der Waals surface area (Å²) in [7, 11) is 0. The molecule has 1 saturated heterocycles. The number of fused-ring (bicyclic) bond motifs is 1. The lowest BCUT2D eigenvalue weighted by atomic mass is 9.66. The smallest absolute Gasteiger partial charge is 0.234 e. The molecule has 3 atom stereocenters. The Morgan fingerprint density at radius 1 is 1.21 bits per heavy atom. The van der Waals surface area contributed by atoms with Crippen molar-refractivity contribution in [3.63, 3.8) is 0 Å². The highest BCUT2D eigenvalue weighted by Gasteiger charge is 2.60. The number of hydrogen-bond acceptors (Lipinski definition) is 3. The van der Waals surface area contributed by atoms with E-state index >= 15 is 0 Å². The van der Waals surface area contributed by atoms with Crippen molar-refractivity contribution in [1.82, 2.24) is 4.90 Å². The van der Waals surface area contributed by atoms with Crippen LogP contribution in [0.3, 0.4) is 0 Å². The van der Waals surface area contributed by atoms with E-state index in [-0.39, 0.29) is 24.3 Å². The van der Waals surface area contributed by atoms with E-state index in [4.69, 9.17) is 5.73 Å². The Bertz CT molecular complexity index is 555. The summed E-state index contributed by atoms with van der Waals surface area (Å²) in [6, 6.07) is 9.34. The summed E-state index contributed by atoms with van der Waals surface area (Å²) in [6.45, 7) is 0.275. The van der Waals surface area contributed by atoms with Crippen LogP contribution in [0.15, 0.2) is 30.3 Å². The van der Waals surface area contributed by atoms with Gasteiger partial charge in [-0.05, 0) is 12.0 Å². The SMILES string of the molecule is NC(=O)[C@H]1C[C@H]2C(=O)N(Cc3ccccc3)C(=O)[C@@H]12. The zero-order valence-corrected chi connectivity index (χ0v) is 10.3. The first-order valence-electron chi connectivity index (χ1n) is 6.28. The number of benzene rings is 1. The van der Waals surface area contributed by atoms with Gasteiger partial charge in [0.1, 0.15) is 0 Å². The zero-order valence-electron chi connectivity index (χ0n) is 10.3. The molecule has 0 aromatic heterocycles. The van der Waals surface area contributed by atoms with Gasteiger partial charge in [-0.25, -0.2) is 0 Å². The van der Waals surface area contributed by atoms with Crippen LogP contribution < -0.4 is 5.73 Å². The maximum atomic E-state index is 12.2. The first-order chi connectivity index (χ1) is 9.09. The zero-order chi connectivity index (χ0) is 13.6. The highest BCUT2D eigenvalue weighted by molar-refractivity contribution is 6.08. The van der Waals surface area contributed by atoms with Crippen LogP contribution in [0.5, 0.6) is 0 Å². The lowest BCUT2D eigenvalue weighted by Crippen LogP contribution is -2.46. The van der Waals surface area contributed by atoms with Crippen LogP contribution in [0, 0.1) is 17.8 Å². The second kappa shape index (κ2) is 4.19. The fourth-order valence-corrected chi connectivity index (χ4v) is 2.95. The Hall–Kier alpha value is -2.17. The first kappa shape index (κ1) is 11.9. The van der Waals surface area contributed by atoms with E-state index in [0.29, 0.717) is 6.42 Å². The maximum Gasteiger partial charge on any atom is 0.234 e. The van der Waals surface area contributed by atoms with Crippen LogP contribution in [0.25, 0.3) is 0 Å². The predicted octanol–water partition coefficient (Wildman–Crippen LogP) is 0.293. The normalized spacial score (nSPS) is 29.1. The minimum absolute atomic E-state index is 0.170. The Labute approximate surface area is 110 Å². The Balaban J connectivity index is 1.79. The van der Waals surface area contributed by atoms with Gasteiger partial charge >= 0.3 is 0 Å². The van der Waals surface area contributed by atoms with Crippen molar-refractivity contribution in [2.24, 2.45) is 23.5 Å². The van der Waals surface area contributed by atoms with E-state index < -0.39 is 17.7 Å². The average molecular weight is 258 g/mol.